The molecule has 7 heteroatoms. The first kappa shape index (κ1) is 15.0. The number of anilines is 2. The molecule has 0 bridgehead atoms. The van der Waals surface area contributed by atoms with E-state index in [9.17, 15) is 4.79 Å². The lowest BCUT2D eigenvalue weighted by Crippen LogP contribution is -2.11. The van der Waals surface area contributed by atoms with E-state index in [1.54, 1.807) is 13.8 Å². The summed E-state index contributed by atoms with van der Waals surface area (Å²) in [6, 6.07) is 7.81. The molecule has 0 aliphatic heterocycles. The van der Waals surface area contributed by atoms with Crippen LogP contribution in [0.1, 0.15) is 28.8 Å². The molecule has 1 N–H and O–H groups in total. The molecule has 0 aliphatic carbocycles. The summed E-state index contributed by atoms with van der Waals surface area (Å²) in [5.41, 5.74) is 2.84. The Bertz CT molecular complexity index is 873. The van der Waals surface area contributed by atoms with Gasteiger partial charge in [-0.1, -0.05) is 17.3 Å². The van der Waals surface area contributed by atoms with E-state index in [0.717, 1.165) is 11.3 Å². The number of carbonyl (C=O) groups is 1. The highest BCUT2D eigenvalue weighted by molar-refractivity contribution is 5.94. The Kier molecular flexibility index (Phi) is 3.92. The van der Waals surface area contributed by atoms with E-state index in [1.165, 1.54) is 0 Å². The first-order valence-electron chi connectivity index (χ1n) is 7.23. The predicted octanol–water partition coefficient (Wildman–Crippen LogP) is 3.15. The number of ether oxygens (including phenoxy) is 1. The Labute approximate surface area is 132 Å². The molecule has 0 saturated heterocycles. The van der Waals surface area contributed by atoms with Gasteiger partial charge >= 0.3 is 5.97 Å². The molecule has 0 saturated carbocycles. The monoisotopic (exact) mass is 312 g/mol. The number of fused-ring (bicyclic) bond motifs is 1. The molecule has 2 heterocycles. The van der Waals surface area contributed by atoms with Crippen molar-refractivity contribution < 1.29 is 14.1 Å². The number of aromatic nitrogens is 3. The van der Waals surface area contributed by atoms with Crippen LogP contribution in [0.4, 0.5) is 11.5 Å². The fourth-order valence-electron chi connectivity index (χ4n) is 2.23. The third-order valence-electron chi connectivity index (χ3n) is 3.25. The average molecular weight is 312 g/mol. The van der Waals surface area contributed by atoms with Crippen LogP contribution in [0.2, 0.25) is 0 Å². The van der Waals surface area contributed by atoms with Gasteiger partial charge in [0.25, 0.3) is 5.71 Å². The lowest BCUT2D eigenvalue weighted by atomic mass is 10.2. The Balaban J connectivity index is 2.09. The van der Waals surface area contributed by atoms with Gasteiger partial charge in [-0.2, -0.15) is 4.98 Å². The second-order valence-electron chi connectivity index (χ2n) is 5.06. The Hall–Kier alpha value is -2.96. The summed E-state index contributed by atoms with van der Waals surface area (Å²) in [5, 5.41) is 7.72. The second kappa shape index (κ2) is 6.04. The van der Waals surface area contributed by atoms with Gasteiger partial charge in [0.2, 0.25) is 5.82 Å². The Morgan fingerprint density at radius 3 is 2.87 bits per heavy atom. The molecule has 1 aromatic carbocycles. The van der Waals surface area contributed by atoms with Gasteiger partial charge < -0.3 is 14.6 Å². The fourth-order valence-corrected chi connectivity index (χ4v) is 2.23. The highest BCUT2D eigenvalue weighted by atomic mass is 16.5. The number of benzene rings is 1. The normalized spacial score (nSPS) is 10.7. The molecule has 3 aromatic rings. The van der Waals surface area contributed by atoms with E-state index in [-0.39, 0.29) is 18.1 Å². The molecule has 118 valence electrons. The molecule has 0 amide bonds. The van der Waals surface area contributed by atoms with Crippen LogP contribution in [0.5, 0.6) is 0 Å². The molecule has 0 radical (unpaired) electrons. The summed E-state index contributed by atoms with van der Waals surface area (Å²) >= 11 is 0. The number of nitrogens with one attached hydrogen (secondary N) is 1. The Morgan fingerprint density at radius 2 is 2.13 bits per heavy atom. The summed E-state index contributed by atoms with van der Waals surface area (Å²) in [5.74, 6) is -0.205. The topological polar surface area (TPSA) is 90.1 Å². The van der Waals surface area contributed by atoms with Gasteiger partial charge in [0.1, 0.15) is 11.2 Å². The van der Waals surface area contributed by atoms with E-state index in [2.05, 4.69) is 20.4 Å². The summed E-state index contributed by atoms with van der Waals surface area (Å²) in [4.78, 5) is 20.3. The maximum absolute atomic E-state index is 11.9. The molecular formula is C16H16N4O3. The van der Waals surface area contributed by atoms with Crippen molar-refractivity contribution in [1.82, 2.24) is 15.1 Å². The maximum atomic E-state index is 11.9. The van der Waals surface area contributed by atoms with Gasteiger partial charge in [0.15, 0.2) is 0 Å². The van der Waals surface area contributed by atoms with Crippen molar-refractivity contribution in [2.45, 2.75) is 20.8 Å². The van der Waals surface area contributed by atoms with Crippen LogP contribution in [0.25, 0.3) is 11.1 Å². The highest BCUT2D eigenvalue weighted by Gasteiger charge is 2.19. The number of esters is 1. The molecule has 3 rings (SSSR count). The van der Waals surface area contributed by atoms with E-state index >= 15 is 0 Å². The van der Waals surface area contributed by atoms with Crippen molar-refractivity contribution in [3.63, 3.8) is 0 Å². The molecule has 0 fully saturated rings. The molecule has 7 nitrogen and oxygen atoms in total. The molecule has 0 spiro atoms. The SMILES string of the molecule is CCOC(=O)c1nc(Nc2cccc(C)c2)c2c(C)noc2n1. The zero-order valence-corrected chi connectivity index (χ0v) is 13.1. The third-order valence-corrected chi connectivity index (χ3v) is 3.25. The van der Waals surface area contributed by atoms with Crippen molar-refractivity contribution in [3.05, 3.63) is 41.3 Å². The molecule has 2 aromatic heterocycles. The Morgan fingerprint density at radius 1 is 1.30 bits per heavy atom. The van der Waals surface area contributed by atoms with Crippen LogP contribution >= 0.6 is 0 Å². The standard InChI is InChI=1S/C16H16N4O3/c1-4-22-16(21)14-18-13(12-10(3)20-23-15(12)19-14)17-11-7-5-6-9(2)8-11/h5-8H,4H2,1-3H3,(H,17,18,19). The van der Waals surface area contributed by atoms with E-state index in [1.807, 2.05) is 31.2 Å². The van der Waals surface area contributed by atoms with Crippen molar-refractivity contribution in [3.8, 4) is 0 Å². The number of hydrogen-bond donors (Lipinski definition) is 1. The number of carbonyl (C=O) groups excluding carboxylic acids is 1. The van der Waals surface area contributed by atoms with Crippen LogP contribution in [-0.4, -0.2) is 27.7 Å². The minimum Gasteiger partial charge on any atom is -0.460 e. The summed E-state index contributed by atoms with van der Waals surface area (Å²) in [6.07, 6.45) is 0. The number of hydrogen-bond acceptors (Lipinski definition) is 7. The van der Waals surface area contributed by atoms with E-state index in [0.29, 0.717) is 16.9 Å². The zero-order chi connectivity index (χ0) is 16.4. The van der Waals surface area contributed by atoms with E-state index < -0.39 is 5.97 Å². The molecule has 0 aliphatic rings. The van der Waals surface area contributed by atoms with Gasteiger partial charge in [-0.3, -0.25) is 0 Å². The number of nitrogens with zero attached hydrogens (tertiary/aromatic N) is 3. The molecule has 23 heavy (non-hydrogen) atoms. The molecule has 0 atom stereocenters. The van der Waals surface area contributed by atoms with Gasteiger partial charge in [-0.25, -0.2) is 9.78 Å². The largest absolute Gasteiger partial charge is 0.460 e. The van der Waals surface area contributed by atoms with Crippen LogP contribution < -0.4 is 5.32 Å². The minimum absolute atomic E-state index is 0.0642. The lowest BCUT2D eigenvalue weighted by Gasteiger charge is -2.08. The lowest BCUT2D eigenvalue weighted by molar-refractivity contribution is 0.0512. The summed E-state index contributed by atoms with van der Waals surface area (Å²) in [6.45, 7) is 5.76. The minimum atomic E-state index is -0.601. The maximum Gasteiger partial charge on any atom is 0.376 e. The van der Waals surface area contributed by atoms with Crippen molar-refractivity contribution in [1.29, 1.82) is 0 Å². The van der Waals surface area contributed by atoms with Crippen LogP contribution in [0.3, 0.4) is 0 Å². The van der Waals surface area contributed by atoms with Gasteiger partial charge in [0.05, 0.1) is 12.3 Å². The van der Waals surface area contributed by atoms with Gasteiger partial charge in [-0.15, -0.1) is 0 Å². The third kappa shape index (κ3) is 2.98. The summed E-state index contributed by atoms with van der Waals surface area (Å²) < 4.78 is 10.1. The van der Waals surface area contributed by atoms with Gasteiger partial charge in [-0.05, 0) is 38.5 Å². The molecule has 0 unspecified atom stereocenters. The summed E-state index contributed by atoms with van der Waals surface area (Å²) in [7, 11) is 0. The van der Waals surface area contributed by atoms with Crippen molar-refractivity contribution >= 4 is 28.6 Å². The predicted molar refractivity (Wildman–Crippen MR) is 84.8 cm³/mol. The number of rotatable bonds is 4. The zero-order valence-electron chi connectivity index (χ0n) is 13.1. The van der Waals surface area contributed by atoms with Crippen molar-refractivity contribution in [2.24, 2.45) is 0 Å². The smallest absolute Gasteiger partial charge is 0.376 e. The quantitative estimate of drug-likeness (QED) is 0.740. The average Bonchev–Trinajstić information content (AvgIpc) is 2.89. The fraction of sp³-hybridized carbons (Fsp3) is 0.250. The van der Waals surface area contributed by atoms with Crippen LogP contribution in [0, 0.1) is 13.8 Å². The highest BCUT2D eigenvalue weighted by Crippen LogP contribution is 2.27. The first-order chi connectivity index (χ1) is 11.1. The van der Waals surface area contributed by atoms with Gasteiger partial charge in [0, 0.05) is 5.69 Å². The first-order valence-corrected chi connectivity index (χ1v) is 7.23. The second-order valence-corrected chi connectivity index (χ2v) is 5.06. The van der Waals surface area contributed by atoms with Crippen LogP contribution in [0.15, 0.2) is 28.8 Å². The van der Waals surface area contributed by atoms with E-state index in [4.69, 9.17) is 9.26 Å². The van der Waals surface area contributed by atoms with Crippen LogP contribution in [-0.2, 0) is 4.74 Å². The number of aryl methyl sites for hydroxylation is 2. The van der Waals surface area contributed by atoms with Crippen molar-refractivity contribution in [2.75, 3.05) is 11.9 Å². The molecular weight excluding hydrogens is 296 g/mol.